The van der Waals surface area contributed by atoms with E-state index in [9.17, 15) is 0 Å². The van der Waals surface area contributed by atoms with Crippen LogP contribution < -0.4 is 5.73 Å². The summed E-state index contributed by atoms with van der Waals surface area (Å²) in [6, 6.07) is 6.91. The largest absolute Gasteiger partial charge is 0.330 e. The highest BCUT2D eigenvalue weighted by Crippen LogP contribution is 2.36. The summed E-state index contributed by atoms with van der Waals surface area (Å²) in [6.45, 7) is 2.82. The van der Waals surface area contributed by atoms with Crippen molar-refractivity contribution in [3.05, 3.63) is 23.8 Å². The van der Waals surface area contributed by atoms with Gasteiger partial charge >= 0.3 is 0 Å². The second-order valence-electron chi connectivity index (χ2n) is 4.65. The second kappa shape index (κ2) is 3.56. The van der Waals surface area contributed by atoms with Gasteiger partial charge in [0, 0.05) is 0 Å². The van der Waals surface area contributed by atoms with Crippen LogP contribution in [0.5, 0.6) is 0 Å². The molecule has 1 atom stereocenters. The zero-order valence-electron chi connectivity index (χ0n) is 9.43. The standard InChI is InChI=1S/C12H16N4/c1-8(7-13)9-2-5-11-12(6-9)16(15-14-11)10-3-4-10/h2,5-6,8,10H,3-4,7,13H2,1H3. The Bertz CT molecular complexity index is 513. The van der Waals surface area contributed by atoms with Gasteiger partial charge in [-0.3, -0.25) is 0 Å². The molecule has 3 rings (SSSR count). The van der Waals surface area contributed by atoms with Crippen LogP contribution in [0.2, 0.25) is 0 Å². The van der Waals surface area contributed by atoms with Crippen LogP contribution in [0.3, 0.4) is 0 Å². The van der Waals surface area contributed by atoms with Gasteiger partial charge in [0.2, 0.25) is 0 Å². The van der Waals surface area contributed by atoms with Crippen molar-refractivity contribution in [1.82, 2.24) is 15.0 Å². The number of fused-ring (bicyclic) bond motifs is 1. The summed E-state index contributed by atoms with van der Waals surface area (Å²) in [5, 5.41) is 8.41. The number of nitrogens with zero attached hydrogens (tertiary/aromatic N) is 3. The van der Waals surface area contributed by atoms with Crippen molar-refractivity contribution in [3.63, 3.8) is 0 Å². The number of aromatic nitrogens is 3. The molecule has 4 heteroatoms. The maximum absolute atomic E-state index is 5.70. The molecule has 4 nitrogen and oxygen atoms in total. The van der Waals surface area contributed by atoms with Crippen LogP contribution in [0.1, 0.15) is 37.3 Å². The molecular weight excluding hydrogens is 200 g/mol. The quantitative estimate of drug-likeness (QED) is 0.851. The maximum Gasteiger partial charge on any atom is 0.113 e. The molecule has 84 valence electrons. The van der Waals surface area contributed by atoms with Crippen molar-refractivity contribution in [2.75, 3.05) is 6.54 Å². The molecule has 1 aliphatic rings. The molecule has 1 aliphatic carbocycles. The third-order valence-corrected chi connectivity index (χ3v) is 3.31. The van der Waals surface area contributed by atoms with E-state index >= 15 is 0 Å². The highest BCUT2D eigenvalue weighted by molar-refractivity contribution is 5.75. The summed E-state index contributed by atoms with van der Waals surface area (Å²) in [7, 11) is 0. The average Bonchev–Trinajstić information content (AvgIpc) is 3.08. The predicted molar refractivity (Wildman–Crippen MR) is 63.3 cm³/mol. The lowest BCUT2D eigenvalue weighted by atomic mass is 10.0. The highest BCUT2D eigenvalue weighted by atomic mass is 15.4. The third-order valence-electron chi connectivity index (χ3n) is 3.31. The minimum Gasteiger partial charge on any atom is -0.330 e. The number of rotatable bonds is 3. The summed E-state index contributed by atoms with van der Waals surface area (Å²) in [6.07, 6.45) is 2.46. The van der Waals surface area contributed by atoms with Gasteiger partial charge < -0.3 is 5.73 Å². The van der Waals surface area contributed by atoms with Crippen molar-refractivity contribution < 1.29 is 0 Å². The molecule has 1 fully saturated rings. The van der Waals surface area contributed by atoms with E-state index in [1.54, 1.807) is 0 Å². The molecule has 1 unspecified atom stereocenters. The van der Waals surface area contributed by atoms with Gasteiger partial charge in [0.15, 0.2) is 0 Å². The molecule has 1 saturated carbocycles. The summed E-state index contributed by atoms with van der Waals surface area (Å²) < 4.78 is 2.06. The Hall–Kier alpha value is -1.42. The summed E-state index contributed by atoms with van der Waals surface area (Å²) in [4.78, 5) is 0. The zero-order chi connectivity index (χ0) is 11.1. The smallest absolute Gasteiger partial charge is 0.113 e. The molecule has 1 aromatic heterocycles. The van der Waals surface area contributed by atoms with Gasteiger partial charge in [0.1, 0.15) is 5.52 Å². The fourth-order valence-electron chi connectivity index (χ4n) is 1.98. The van der Waals surface area contributed by atoms with Gasteiger partial charge in [-0.15, -0.1) is 5.10 Å². The SMILES string of the molecule is CC(CN)c1ccc2nnn(C3CC3)c2c1. The van der Waals surface area contributed by atoms with E-state index in [-0.39, 0.29) is 0 Å². The second-order valence-corrected chi connectivity index (χ2v) is 4.65. The average molecular weight is 216 g/mol. The Morgan fingerprint density at radius 2 is 2.31 bits per heavy atom. The van der Waals surface area contributed by atoms with Crippen LogP contribution in [0.25, 0.3) is 11.0 Å². The van der Waals surface area contributed by atoms with E-state index in [1.165, 1.54) is 18.4 Å². The van der Waals surface area contributed by atoms with Gasteiger partial charge in [0.05, 0.1) is 11.6 Å². The molecule has 0 saturated heterocycles. The van der Waals surface area contributed by atoms with Crippen LogP contribution in [-0.4, -0.2) is 21.5 Å². The highest BCUT2D eigenvalue weighted by Gasteiger charge is 2.26. The molecule has 0 bridgehead atoms. The number of hydrogen-bond acceptors (Lipinski definition) is 3. The third kappa shape index (κ3) is 1.50. The molecular formula is C12H16N4. The van der Waals surface area contributed by atoms with Gasteiger partial charge in [-0.25, -0.2) is 4.68 Å². The van der Waals surface area contributed by atoms with E-state index < -0.39 is 0 Å². The van der Waals surface area contributed by atoms with Crippen molar-refractivity contribution in [3.8, 4) is 0 Å². The van der Waals surface area contributed by atoms with Crippen LogP contribution >= 0.6 is 0 Å². The number of benzene rings is 1. The Morgan fingerprint density at radius 3 is 3.00 bits per heavy atom. The first-order valence-corrected chi connectivity index (χ1v) is 5.84. The molecule has 16 heavy (non-hydrogen) atoms. The van der Waals surface area contributed by atoms with Crippen LogP contribution in [0.15, 0.2) is 18.2 Å². The normalized spacial score (nSPS) is 17.9. The minimum atomic E-state index is 0.395. The molecule has 1 aromatic carbocycles. The lowest BCUT2D eigenvalue weighted by Crippen LogP contribution is -2.08. The van der Waals surface area contributed by atoms with Gasteiger partial charge in [-0.1, -0.05) is 18.2 Å². The number of hydrogen-bond donors (Lipinski definition) is 1. The molecule has 0 aliphatic heterocycles. The van der Waals surface area contributed by atoms with Gasteiger partial charge in [0.25, 0.3) is 0 Å². The molecule has 0 spiro atoms. The Balaban J connectivity index is 2.10. The molecule has 1 heterocycles. The fraction of sp³-hybridized carbons (Fsp3) is 0.500. The topological polar surface area (TPSA) is 56.7 Å². The molecule has 0 radical (unpaired) electrons. The fourth-order valence-corrected chi connectivity index (χ4v) is 1.98. The molecule has 2 N–H and O–H groups in total. The first kappa shape index (κ1) is 9.78. The first-order valence-electron chi connectivity index (χ1n) is 5.84. The lowest BCUT2D eigenvalue weighted by molar-refractivity contribution is 0.629. The van der Waals surface area contributed by atoms with Crippen molar-refractivity contribution >= 4 is 11.0 Å². The van der Waals surface area contributed by atoms with Crippen molar-refractivity contribution in [1.29, 1.82) is 0 Å². The minimum absolute atomic E-state index is 0.395. The van der Waals surface area contributed by atoms with Gasteiger partial charge in [-0.05, 0) is 43.0 Å². The number of nitrogens with two attached hydrogens (primary N) is 1. The van der Waals surface area contributed by atoms with E-state index in [4.69, 9.17) is 5.73 Å². The zero-order valence-corrected chi connectivity index (χ0v) is 9.43. The van der Waals surface area contributed by atoms with Gasteiger partial charge in [-0.2, -0.15) is 0 Å². The molecule has 2 aromatic rings. The van der Waals surface area contributed by atoms with Crippen LogP contribution in [-0.2, 0) is 0 Å². The van der Waals surface area contributed by atoms with E-state index in [2.05, 4.69) is 34.1 Å². The van der Waals surface area contributed by atoms with E-state index in [1.807, 2.05) is 6.07 Å². The first-order chi connectivity index (χ1) is 7.79. The molecule has 0 amide bonds. The van der Waals surface area contributed by atoms with Crippen LogP contribution in [0, 0.1) is 0 Å². The monoisotopic (exact) mass is 216 g/mol. The Labute approximate surface area is 94.4 Å². The maximum atomic E-state index is 5.70. The van der Waals surface area contributed by atoms with E-state index in [0.29, 0.717) is 18.5 Å². The Morgan fingerprint density at radius 1 is 1.50 bits per heavy atom. The van der Waals surface area contributed by atoms with E-state index in [0.717, 1.165) is 11.0 Å². The summed E-state index contributed by atoms with van der Waals surface area (Å²) in [5.74, 6) is 0.395. The van der Waals surface area contributed by atoms with Crippen molar-refractivity contribution in [2.24, 2.45) is 5.73 Å². The predicted octanol–water partition coefficient (Wildman–Crippen LogP) is 1.83. The summed E-state index contributed by atoms with van der Waals surface area (Å²) >= 11 is 0. The lowest BCUT2D eigenvalue weighted by Gasteiger charge is -2.08. The van der Waals surface area contributed by atoms with Crippen molar-refractivity contribution in [2.45, 2.75) is 31.7 Å². The summed E-state index contributed by atoms with van der Waals surface area (Å²) in [5.41, 5.74) is 9.11. The Kier molecular flexibility index (Phi) is 2.17. The van der Waals surface area contributed by atoms with Crippen LogP contribution in [0.4, 0.5) is 0 Å².